The molecule has 0 N–H and O–H groups in total. The van der Waals surface area contributed by atoms with Crippen molar-refractivity contribution in [3.05, 3.63) is 186 Å². The van der Waals surface area contributed by atoms with Gasteiger partial charge in [-0.1, -0.05) is 143 Å². The van der Waals surface area contributed by atoms with E-state index in [2.05, 4.69) is 196 Å². The van der Waals surface area contributed by atoms with Gasteiger partial charge in [-0.2, -0.15) is 0 Å². The molecule has 0 radical (unpaired) electrons. The molecule has 0 spiro atoms. The summed E-state index contributed by atoms with van der Waals surface area (Å²) in [4.78, 5) is 2.40. The monoisotopic (exact) mass is 629 g/mol. The first-order valence-corrected chi connectivity index (χ1v) is 17.4. The van der Waals surface area contributed by atoms with Crippen molar-refractivity contribution < 1.29 is 0 Å². The van der Waals surface area contributed by atoms with Crippen molar-refractivity contribution in [3.8, 4) is 44.5 Å². The second-order valence-electron chi connectivity index (χ2n) is 14.6. The molecule has 0 saturated carbocycles. The summed E-state index contributed by atoms with van der Waals surface area (Å²) in [5.41, 5.74) is 19.3. The summed E-state index contributed by atoms with van der Waals surface area (Å²) in [7, 11) is 0. The lowest BCUT2D eigenvalue weighted by atomic mass is 9.79. The molecule has 0 amide bonds. The van der Waals surface area contributed by atoms with Gasteiger partial charge in [-0.3, -0.25) is 0 Å². The summed E-state index contributed by atoms with van der Waals surface area (Å²) in [5, 5.41) is 0. The van der Waals surface area contributed by atoms with Gasteiger partial charge >= 0.3 is 0 Å². The number of benzene rings is 7. The van der Waals surface area contributed by atoms with Gasteiger partial charge in [0.15, 0.2) is 0 Å². The first-order valence-electron chi connectivity index (χ1n) is 17.4. The van der Waals surface area contributed by atoms with Crippen molar-refractivity contribution in [2.75, 3.05) is 4.90 Å². The van der Waals surface area contributed by atoms with Crippen LogP contribution in [0.5, 0.6) is 0 Å². The Morgan fingerprint density at radius 3 is 1.22 bits per heavy atom. The number of hydrogen-bond donors (Lipinski definition) is 0. The molecule has 49 heavy (non-hydrogen) atoms. The molecule has 2 aliphatic carbocycles. The van der Waals surface area contributed by atoms with Crippen LogP contribution in [0.25, 0.3) is 44.5 Å². The zero-order valence-electron chi connectivity index (χ0n) is 28.5. The van der Waals surface area contributed by atoms with Crippen molar-refractivity contribution in [3.63, 3.8) is 0 Å². The molecule has 7 aromatic rings. The molecular weight excluding hydrogens is 591 g/mol. The lowest BCUT2D eigenvalue weighted by Gasteiger charge is -2.27. The Balaban J connectivity index is 1.19. The highest BCUT2D eigenvalue weighted by molar-refractivity contribution is 5.92. The quantitative estimate of drug-likeness (QED) is 0.183. The third-order valence-electron chi connectivity index (χ3n) is 11.1. The van der Waals surface area contributed by atoms with Crippen LogP contribution < -0.4 is 4.90 Å². The topological polar surface area (TPSA) is 3.24 Å². The highest BCUT2D eigenvalue weighted by Gasteiger charge is 2.41. The first-order chi connectivity index (χ1) is 23.8. The van der Waals surface area contributed by atoms with E-state index in [4.69, 9.17) is 0 Å². The maximum absolute atomic E-state index is 2.51. The Morgan fingerprint density at radius 2 is 0.694 bits per heavy atom. The fourth-order valence-electron chi connectivity index (χ4n) is 8.39. The number of hydrogen-bond acceptors (Lipinski definition) is 1. The number of anilines is 3. The van der Waals surface area contributed by atoms with E-state index < -0.39 is 0 Å². The molecule has 0 heterocycles. The van der Waals surface area contributed by atoms with Crippen LogP contribution in [-0.4, -0.2) is 0 Å². The summed E-state index contributed by atoms with van der Waals surface area (Å²) in [6.45, 7) is 9.53. The minimum Gasteiger partial charge on any atom is -0.310 e. The first kappa shape index (κ1) is 29.5. The Bertz CT molecular complexity index is 2260. The summed E-state index contributed by atoms with van der Waals surface area (Å²) in [6.07, 6.45) is 0. The molecule has 0 unspecified atom stereocenters. The predicted molar refractivity (Wildman–Crippen MR) is 207 cm³/mol. The summed E-state index contributed by atoms with van der Waals surface area (Å²) in [6, 6.07) is 60.3. The Kier molecular flexibility index (Phi) is 6.58. The third kappa shape index (κ3) is 4.60. The second-order valence-corrected chi connectivity index (χ2v) is 14.6. The minimum atomic E-state index is -0.0978. The van der Waals surface area contributed by atoms with Crippen LogP contribution in [0.15, 0.2) is 164 Å². The molecule has 9 rings (SSSR count). The molecule has 0 aliphatic heterocycles. The molecule has 1 nitrogen and oxygen atoms in total. The van der Waals surface area contributed by atoms with E-state index in [-0.39, 0.29) is 10.8 Å². The van der Waals surface area contributed by atoms with Gasteiger partial charge in [0.05, 0.1) is 0 Å². The Labute approximate surface area is 290 Å². The van der Waals surface area contributed by atoms with Crippen molar-refractivity contribution in [2.45, 2.75) is 38.5 Å². The SMILES string of the molecule is CC1(C)c2ccccc2-c2cc3c(cc21)-c1cc(N(c2ccc(-c4ccccc4)cc2)c2ccc(-c4ccccc4)cc2)ccc1C3(C)C. The normalized spacial score (nSPS) is 14.4. The zero-order valence-corrected chi connectivity index (χ0v) is 28.5. The van der Waals surface area contributed by atoms with Gasteiger partial charge in [0.1, 0.15) is 0 Å². The van der Waals surface area contributed by atoms with Gasteiger partial charge in [0, 0.05) is 27.9 Å². The molecule has 2 aliphatic rings. The molecule has 0 fully saturated rings. The van der Waals surface area contributed by atoms with Crippen LogP contribution in [-0.2, 0) is 10.8 Å². The smallest absolute Gasteiger partial charge is 0.0468 e. The van der Waals surface area contributed by atoms with Crippen LogP contribution in [0.3, 0.4) is 0 Å². The van der Waals surface area contributed by atoms with Crippen LogP contribution >= 0.6 is 0 Å². The molecule has 0 aromatic heterocycles. The minimum absolute atomic E-state index is 0.0432. The van der Waals surface area contributed by atoms with E-state index in [1.54, 1.807) is 0 Å². The van der Waals surface area contributed by atoms with E-state index in [9.17, 15) is 0 Å². The highest BCUT2D eigenvalue weighted by Crippen LogP contribution is 2.56. The Hall–Kier alpha value is -5.66. The van der Waals surface area contributed by atoms with Gasteiger partial charge in [-0.15, -0.1) is 0 Å². The van der Waals surface area contributed by atoms with Gasteiger partial charge in [0.2, 0.25) is 0 Å². The van der Waals surface area contributed by atoms with E-state index in [0.717, 1.165) is 17.1 Å². The Morgan fingerprint density at radius 1 is 0.306 bits per heavy atom. The lowest BCUT2D eigenvalue weighted by Crippen LogP contribution is -2.17. The molecule has 236 valence electrons. The highest BCUT2D eigenvalue weighted by atomic mass is 15.1. The fraction of sp³-hybridized carbons (Fsp3) is 0.125. The summed E-state index contributed by atoms with van der Waals surface area (Å²) >= 11 is 0. The maximum atomic E-state index is 2.51. The van der Waals surface area contributed by atoms with Crippen molar-refractivity contribution in [2.24, 2.45) is 0 Å². The number of nitrogens with zero attached hydrogens (tertiary/aromatic N) is 1. The van der Waals surface area contributed by atoms with Crippen molar-refractivity contribution in [1.29, 1.82) is 0 Å². The number of rotatable bonds is 5. The van der Waals surface area contributed by atoms with Gasteiger partial charge < -0.3 is 4.90 Å². The summed E-state index contributed by atoms with van der Waals surface area (Å²) in [5.74, 6) is 0. The van der Waals surface area contributed by atoms with E-state index in [1.165, 1.54) is 66.8 Å². The van der Waals surface area contributed by atoms with Crippen LogP contribution in [0.2, 0.25) is 0 Å². The van der Waals surface area contributed by atoms with E-state index in [0.29, 0.717) is 0 Å². The predicted octanol–water partition coefficient (Wildman–Crippen LogP) is 13.1. The lowest BCUT2D eigenvalue weighted by molar-refractivity contribution is 0.652. The molecule has 7 aromatic carbocycles. The fourth-order valence-corrected chi connectivity index (χ4v) is 8.39. The van der Waals surface area contributed by atoms with E-state index >= 15 is 0 Å². The second kappa shape index (κ2) is 10.9. The van der Waals surface area contributed by atoms with Crippen molar-refractivity contribution >= 4 is 17.1 Å². The average Bonchev–Trinajstić information content (AvgIpc) is 3.51. The molecule has 0 atom stereocenters. The van der Waals surface area contributed by atoms with E-state index in [1.807, 2.05) is 0 Å². The molecule has 0 bridgehead atoms. The van der Waals surface area contributed by atoms with Crippen LogP contribution in [0.1, 0.15) is 49.9 Å². The van der Waals surface area contributed by atoms with Gasteiger partial charge in [-0.25, -0.2) is 0 Å². The summed E-state index contributed by atoms with van der Waals surface area (Å²) < 4.78 is 0. The zero-order chi connectivity index (χ0) is 33.3. The van der Waals surface area contributed by atoms with Gasteiger partial charge in [0.25, 0.3) is 0 Å². The van der Waals surface area contributed by atoms with Gasteiger partial charge in [-0.05, 0) is 115 Å². The third-order valence-corrected chi connectivity index (χ3v) is 11.1. The number of fused-ring (bicyclic) bond motifs is 6. The van der Waals surface area contributed by atoms with Crippen LogP contribution in [0, 0.1) is 0 Å². The average molecular weight is 630 g/mol. The maximum Gasteiger partial charge on any atom is 0.0468 e. The van der Waals surface area contributed by atoms with Crippen LogP contribution in [0.4, 0.5) is 17.1 Å². The molecular formula is C48H39N. The standard InChI is InChI=1S/C48H39N/c1-47(2)43-18-12-11-17-39(43)41-30-46-42(31-45(41)47)40-29-38(27-28-44(40)48(46,3)4)49(36-23-19-34(20-24-36)32-13-7-5-8-14-32)37-25-21-35(22-26-37)33-15-9-6-10-16-33/h5-31H,1-4H3. The molecule has 1 heteroatoms. The van der Waals surface area contributed by atoms with Crippen molar-refractivity contribution in [1.82, 2.24) is 0 Å². The largest absolute Gasteiger partial charge is 0.310 e. The molecule has 0 saturated heterocycles.